The van der Waals surface area contributed by atoms with E-state index in [1.165, 1.54) is 0 Å². The minimum Gasteiger partial charge on any atom is -0.344 e. The van der Waals surface area contributed by atoms with Crippen molar-refractivity contribution in [2.75, 3.05) is 19.6 Å². The van der Waals surface area contributed by atoms with Crippen molar-refractivity contribution in [3.05, 3.63) is 0 Å². The first-order chi connectivity index (χ1) is 11.3. The number of hydrogen-bond donors (Lipinski definition) is 1. The summed E-state index contributed by atoms with van der Waals surface area (Å²) in [6.45, 7) is 11.3. The third-order valence-corrected chi connectivity index (χ3v) is 4.57. The molecule has 0 bridgehead atoms. The van der Waals surface area contributed by atoms with E-state index < -0.39 is 6.04 Å². The summed E-state index contributed by atoms with van der Waals surface area (Å²) in [5.41, 5.74) is 0. The molecule has 3 amide bonds. The molecule has 0 spiro atoms. The van der Waals surface area contributed by atoms with Crippen LogP contribution in [0.2, 0.25) is 0 Å². The number of hydrogen-bond acceptors (Lipinski definition) is 3. The van der Waals surface area contributed by atoms with E-state index in [4.69, 9.17) is 0 Å². The number of amides is 3. The lowest BCUT2D eigenvalue weighted by Crippen LogP contribution is -2.59. The molecule has 1 aliphatic heterocycles. The van der Waals surface area contributed by atoms with Crippen LogP contribution in [0.5, 0.6) is 0 Å². The number of nitrogens with one attached hydrogen (secondary N) is 1. The highest BCUT2D eigenvalue weighted by Crippen LogP contribution is 2.15. The van der Waals surface area contributed by atoms with E-state index in [2.05, 4.69) is 12.2 Å². The zero-order chi connectivity index (χ0) is 18.3. The van der Waals surface area contributed by atoms with E-state index in [0.717, 1.165) is 12.8 Å². The molecule has 1 saturated heterocycles. The summed E-state index contributed by atoms with van der Waals surface area (Å²) in [4.78, 5) is 40.4. The van der Waals surface area contributed by atoms with Gasteiger partial charge in [0.2, 0.25) is 17.7 Å². The van der Waals surface area contributed by atoms with Gasteiger partial charge < -0.3 is 15.1 Å². The van der Waals surface area contributed by atoms with Crippen LogP contribution in [0.15, 0.2) is 0 Å². The van der Waals surface area contributed by atoms with Gasteiger partial charge in [-0.25, -0.2) is 0 Å². The summed E-state index contributed by atoms with van der Waals surface area (Å²) >= 11 is 0. The van der Waals surface area contributed by atoms with Crippen molar-refractivity contribution in [3.63, 3.8) is 0 Å². The van der Waals surface area contributed by atoms with Gasteiger partial charge >= 0.3 is 0 Å². The average Bonchev–Trinajstić information content (AvgIpc) is 2.56. The molecular formula is C18H33N3O3. The van der Waals surface area contributed by atoms with Crippen LogP contribution in [0.4, 0.5) is 0 Å². The fraction of sp³-hybridized carbons (Fsp3) is 0.833. The van der Waals surface area contributed by atoms with E-state index in [-0.39, 0.29) is 29.7 Å². The van der Waals surface area contributed by atoms with Crippen LogP contribution in [0, 0.1) is 5.92 Å². The molecule has 2 unspecified atom stereocenters. The van der Waals surface area contributed by atoms with Gasteiger partial charge in [0.15, 0.2) is 0 Å². The maximum Gasteiger partial charge on any atom is 0.245 e. The minimum absolute atomic E-state index is 0.0155. The van der Waals surface area contributed by atoms with Crippen molar-refractivity contribution in [2.45, 2.75) is 72.4 Å². The first-order valence-corrected chi connectivity index (χ1v) is 9.19. The number of unbranched alkanes of at least 4 members (excludes halogenated alkanes) is 1. The number of rotatable bonds is 7. The van der Waals surface area contributed by atoms with Crippen LogP contribution in [0.1, 0.15) is 60.3 Å². The highest BCUT2D eigenvalue weighted by molar-refractivity contribution is 5.88. The average molecular weight is 339 g/mol. The molecule has 24 heavy (non-hydrogen) atoms. The van der Waals surface area contributed by atoms with Crippen molar-refractivity contribution in [1.29, 1.82) is 0 Å². The SMILES string of the molecule is CCCCC(=O)N1CCN(C(=O)C(NC(=O)CC)C(C)C)CC1C. The summed E-state index contributed by atoms with van der Waals surface area (Å²) in [5.74, 6) is 0.0615. The van der Waals surface area contributed by atoms with Gasteiger partial charge in [0.05, 0.1) is 0 Å². The first kappa shape index (κ1) is 20.5. The molecule has 0 aromatic heterocycles. The lowest BCUT2D eigenvalue weighted by molar-refractivity contribution is -0.145. The third kappa shape index (κ3) is 5.49. The molecule has 138 valence electrons. The highest BCUT2D eigenvalue weighted by atomic mass is 16.2. The number of nitrogens with zero attached hydrogens (tertiary/aromatic N) is 2. The Kier molecular flexibility index (Phi) is 8.22. The smallest absolute Gasteiger partial charge is 0.245 e. The molecule has 0 radical (unpaired) electrons. The van der Waals surface area contributed by atoms with E-state index in [1.807, 2.05) is 25.7 Å². The Morgan fingerprint density at radius 3 is 2.33 bits per heavy atom. The Bertz CT molecular complexity index is 451. The van der Waals surface area contributed by atoms with Gasteiger partial charge in [-0.3, -0.25) is 14.4 Å². The van der Waals surface area contributed by atoms with Gasteiger partial charge in [0, 0.05) is 38.5 Å². The van der Waals surface area contributed by atoms with Crippen molar-refractivity contribution < 1.29 is 14.4 Å². The van der Waals surface area contributed by atoms with Gasteiger partial charge in [-0.05, 0) is 19.3 Å². The normalized spacial score (nSPS) is 19.3. The molecule has 1 rings (SSSR count). The quantitative estimate of drug-likeness (QED) is 0.769. The highest BCUT2D eigenvalue weighted by Gasteiger charge is 2.34. The van der Waals surface area contributed by atoms with Crippen LogP contribution in [0.25, 0.3) is 0 Å². The van der Waals surface area contributed by atoms with Crippen molar-refractivity contribution in [1.82, 2.24) is 15.1 Å². The molecule has 0 aromatic carbocycles. The standard InChI is InChI=1S/C18H33N3O3/c1-6-8-9-16(23)21-11-10-20(12-14(21)5)18(24)17(13(3)4)19-15(22)7-2/h13-14,17H,6-12H2,1-5H3,(H,19,22). The monoisotopic (exact) mass is 339 g/mol. The fourth-order valence-corrected chi connectivity index (χ4v) is 2.99. The molecule has 0 saturated carbocycles. The van der Waals surface area contributed by atoms with E-state index in [1.54, 1.807) is 11.8 Å². The molecular weight excluding hydrogens is 306 g/mol. The van der Waals surface area contributed by atoms with Crippen LogP contribution < -0.4 is 5.32 Å². The summed E-state index contributed by atoms with van der Waals surface area (Å²) in [6, 6.07) is -0.478. The second kappa shape index (κ2) is 9.64. The predicted octanol–water partition coefficient (Wildman–Crippen LogP) is 1.79. The van der Waals surface area contributed by atoms with Crippen LogP contribution in [0.3, 0.4) is 0 Å². The number of carbonyl (C=O) groups excluding carboxylic acids is 3. The van der Waals surface area contributed by atoms with Crippen molar-refractivity contribution in [3.8, 4) is 0 Å². The molecule has 0 aliphatic carbocycles. The third-order valence-electron chi connectivity index (χ3n) is 4.57. The van der Waals surface area contributed by atoms with Crippen LogP contribution in [-0.4, -0.2) is 59.2 Å². The molecule has 1 heterocycles. The summed E-state index contributed by atoms with van der Waals surface area (Å²) in [5, 5.41) is 2.83. The molecule has 6 nitrogen and oxygen atoms in total. The van der Waals surface area contributed by atoms with E-state index >= 15 is 0 Å². The van der Waals surface area contributed by atoms with Gasteiger partial charge in [-0.2, -0.15) is 0 Å². The maximum absolute atomic E-state index is 12.8. The predicted molar refractivity (Wildman–Crippen MR) is 94.3 cm³/mol. The van der Waals surface area contributed by atoms with Crippen LogP contribution in [-0.2, 0) is 14.4 Å². The largest absolute Gasteiger partial charge is 0.344 e. The molecule has 1 fully saturated rings. The van der Waals surface area contributed by atoms with Gasteiger partial charge in [0.1, 0.15) is 6.04 Å². The zero-order valence-electron chi connectivity index (χ0n) is 15.8. The number of carbonyl (C=O) groups is 3. The Balaban J connectivity index is 2.67. The van der Waals surface area contributed by atoms with Crippen LogP contribution >= 0.6 is 0 Å². The Hall–Kier alpha value is -1.59. The van der Waals surface area contributed by atoms with E-state index in [0.29, 0.717) is 32.5 Å². The first-order valence-electron chi connectivity index (χ1n) is 9.19. The molecule has 1 aliphatic rings. The van der Waals surface area contributed by atoms with Crippen molar-refractivity contribution in [2.24, 2.45) is 5.92 Å². The minimum atomic E-state index is -0.494. The topological polar surface area (TPSA) is 69.7 Å². The Labute approximate surface area is 145 Å². The summed E-state index contributed by atoms with van der Waals surface area (Å²) in [6.07, 6.45) is 2.86. The Morgan fingerprint density at radius 1 is 1.17 bits per heavy atom. The zero-order valence-corrected chi connectivity index (χ0v) is 15.8. The second-order valence-electron chi connectivity index (χ2n) is 6.97. The van der Waals surface area contributed by atoms with Gasteiger partial charge in [-0.1, -0.05) is 34.1 Å². The molecule has 1 N–H and O–H groups in total. The van der Waals surface area contributed by atoms with Crippen molar-refractivity contribution >= 4 is 17.7 Å². The lowest BCUT2D eigenvalue weighted by Gasteiger charge is -2.41. The molecule has 0 aromatic rings. The second-order valence-corrected chi connectivity index (χ2v) is 6.97. The van der Waals surface area contributed by atoms with Gasteiger partial charge in [0.25, 0.3) is 0 Å². The molecule has 6 heteroatoms. The Morgan fingerprint density at radius 2 is 1.83 bits per heavy atom. The van der Waals surface area contributed by atoms with E-state index in [9.17, 15) is 14.4 Å². The maximum atomic E-state index is 12.8. The van der Waals surface area contributed by atoms with Gasteiger partial charge in [-0.15, -0.1) is 0 Å². The lowest BCUT2D eigenvalue weighted by atomic mass is 10.0. The molecule has 2 atom stereocenters. The summed E-state index contributed by atoms with van der Waals surface area (Å²) < 4.78 is 0. The fourth-order valence-electron chi connectivity index (χ4n) is 2.99. The number of piperazine rings is 1. The summed E-state index contributed by atoms with van der Waals surface area (Å²) in [7, 11) is 0.